The largest absolute Gasteiger partial charge is 0.368 e. The number of carbonyl (C=O) groups is 3. The number of carbonyl (C=O) groups excluding carboxylic acids is 3. The van der Waals surface area contributed by atoms with Crippen LogP contribution in [0.3, 0.4) is 0 Å². The predicted octanol–water partition coefficient (Wildman–Crippen LogP) is 1.09. The third kappa shape index (κ3) is 6.54. The van der Waals surface area contributed by atoms with Gasteiger partial charge in [-0.1, -0.05) is 42.5 Å². The molecule has 142 valence electrons. The first kappa shape index (κ1) is 20.1. The molecular weight excluding hydrogens is 349 g/mol. The number of nitrogens with two attached hydrogens (primary N) is 1. The van der Waals surface area contributed by atoms with Gasteiger partial charge in [-0.25, -0.2) is 4.39 Å². The van der Waals surface area contributed by atoms with E-state index in [2.05, 4.69) is 10.6 Å². The molecule has 2 aromatic carbocycles. The van der Waals surface area contributed by atoms with Gasteiger partial charge in [0.1, 0.15) is 17.9 Å². The van der Waals surface area contributed by atoms with E-state index in [1.54, 1.807) is 6.07 Å². The molecule has 2 rings (SSSR count). The van der Waals surface area contributed by atoms with Crippen LogP contribution >= 0.6 is 0 Å². The van der Waals surface area contributed by atoms with Gasteiger partial charge < -0.3 is 16.4 Å². The summed E-state index contributed by atoms with van der Waals surface area (Å²) in [6.45, 7) is 1.31. The van der Waals surface area contributed by atoms with Crippen molar-refractivity contribution in [2.24, 2.45) is 5.73 Å². The quantitative estimate of drug-likeness (QED) is 0.647. The summed E-state index contributed by atoms with van der Waals surface area (Å²) in [4.78, 5) is 35.9. The minimum atomic E-state index is -1.02. The molecule has 0 spiro atoms. The zero-order valence-electron chi connectivity index (χ0n) is 14.9. The molecule has 0 aliphatic carbocycles. The predicted molar refractivity (Wildman–Crippen MR) is 99.0 cm³/mol. The third-order valence-electron chi connectivity index (χ3n) is 3.97. The molecule has 2 atom stereocenters. The molecule has 0 aliphatic heterocycles. The molecule has 0 heterocycles. The summed E-state index contributed by atoms with van der Waals surface area (Å²) in [5.74, 6) is -2.09. The second kappa shape index (κ2) is 9.47. The number of primary amides is 1. The van der Waals surface area contributed by atoms with Crippen LogP contribution in [0.15, 0.2) is 54.6 Å². The smallest absolute Gasteiger partial charge is 0.243 e. The molecule has 0 bridgehead atoms. The summed E-state index contributed by atoms with van der Waals surface area (Å²) in [6, 6.07) is 13.0. The summed E-state index contributed by atoms with van der Waals surface area (Å²) in [5.41, 5.74) is 6.77. The molecule has 0 radical (unpaired) electrons. The van der Waals surface area contributed by atoms with Gasteiger partial charge in [-0.3, -0.25) is 14.4 Å². The van der Waals surface area contributed by atoms with Crippen LogP contribution in [0.5, 0.6) is 0 Å². The highest BCUT2D eigenvalue weighted by Gasteiger charge is 2.25. The van der Waals surface area contributed by atoms with Crippen molar-refractivity contribution in [3.8, 4) is 0 Å². The standard InChI is InChI=1S/C20H22FN3O3/c1-13(25)23-18(11-14-6-3-2-4-7-14)20(27)24-17(19(22)26)12-15-8-5-9-16(21)10-15/h2-10,17-18H,11-12H2,1H3,(H2,22,26)(H,23,25)(H,24,27)/t17-,18+/m1/s1. The second-order valence-corrected chi connectivity index (χ2v) is 6.24. The number of nitrogens with one attached hydrogen (secondary N) is 2. The Bertz CT molecular complexity index is 811. The molecule has 0 saturated heterocycles. The van der Waals surface area contributed by atoms with E-state index < -0.39 is 29.7 Å². The number of hydrogen-bond donors (Lipinski definition) is 3. The van der Waals surface area contributed by atoms with Gasteiger partial charge in [0.25, 0.3) is 0 Å². The average molecular weight is 371 g/mol. The van der Waals surface area contributed by atoms with Gasteiger partial charge in [-0.2, -0.15) is 0 Å². The van der Waals surface area contributed by atoms with Gasteiger partial charge >= 0.3 is 0 Å². The van der Waals surface area contributed by atoms with E-state index >= 15 is 0 Å². The van der Waals surface area contributed by atoms with Crippen LogP contribution in [-0.4, -0.2) is 29.8 Å². The summed E-state index contributed by atoms with van der Waals surface area (Å²) in [5, 5.41) is 5.14. The Morgan fingerprint density at radius 3 is 2.15 bits per heavy atom. The van der Waals surface area contributed by atoms with Crippen LogP contribution < -0.4 is 16.4 Å². The Hall–Kier alpha value is -3.22. The molecule has 7 heteroatoms. The van der Waals surface area contributed by atoms with Crippen LogP contribution in [0.1, 0.15) is 18.1 Å². The lowest BCUT2D eigenvalue weighted by Gasteiger charge is -2.22. The molecule has 4 N–H and O–H groups in total. The first-order valence-electron chi connectivity index (χ1n) is 8.50. The van der Waals surface area contributed by atoms with Crippen molar-refractivity contribution in [3.63, 3.8) is 0 Å². The SMILES string of the molecule is CC(=O)N[C@@H](Cc1ccccc1)C(=O)N[C@H](Cc1cccc(F)c1)C(N)=O. The topological polar surface area (TPSA) is 101 Å². The van der Waals surface area contributed by atoms with E-state index in [9.17, 15) is 18.8 Å². The van der Waals surface area contributed by atoms with Crippen LogP contribution in [0.25, 0.3) is 0 Å². The highest BCUT2D eigenvalue weighted by Crippen LogP contribution is 2.08. The monoisotopic (exact) mass is 371 g/mol. The number of halogens is 1. The second-order valence-electron chi connectivity index (χ2n) is 6.24. The van der Waals surface area contributed by atoms with E-state index in [0.717, 1.165) is 5.56 Å². The molecule has 2 aromatic rings. The Labute approximate surface area is 156 Å². The average Bonchev–Trinajstić information content (AvgIpc) is 2.61. The van der Waals surface area contributed by atoms with Crippen molar-refractivity contribution in [2.75, 3.05) is 0 Å². The Balaban J connectivity index is 2.11. The summed E-state index contributed by atoms with van der Waals surface area (Å²) < 4.78 is 13.3. The van der Waals surface area contributed by atoms with Crippen LogP contribution in [0.4, 0.5) is 4.39 Å². The third-order valence-corrected chi connectivity index (χ3v) is 3.97. The minimum Gasteiger partial charge on any atom is -0.368 e. The van der Waals surface area contributed by atoms with E-state index in [1.165, 1.54) is 25.1 Å². The lowest BCUT2D eigenvalue weighted by Crippen LogP contribution is -2.54. The van der Waals surface area contributed by atoms with Crippen molar-refractivity contribution < 1.29 is 18.8 Å². The zero-order chi connectivity index (χ0) is 19.8. The summed E-state index contributed by atoms with van der Waals surface area (Å²) in [7, 11) is 0. The fraction of sp³-hybridized carbons (Fsp3) is 0.250. The zero-order valence-corrected chi connectivity index (χ0v) is 14.9. The van der Waals surface area contributed by atoms with Gasteiger partial charge in [0.2, 0.25) is 17.7 Å². The van der Waals surface area contributed by atoms with Gasteiger partial charge in [0.05, 0.1) is 0 Å². The summed E-state index contributed by atoms with van der Waals surface area (Å²) >= 11 is 0. The van der Waals surface area contributed by atoms with Gasteiger partial charge in [0, 0.05) is 19.8 Å². The molecule has 0 aromatic heterocycles. The fourth-order valence-corrected chi connectivity index (χ4v) is 2.70. The van der Waals surface area contributed by atoms with Gasteiger partial charge in [-0.05, 0) is 23.3 Å². The van der Waals surface area contributed by atoms with E-state index in [1.807, 2.05) is 30.3 Å². The number of amides is 3. The van der Waals surface area contributed by atoms with Crippen molar-refractivity contribution in [3.05, 3.63) is 71.5 Å². The van der Waals surface area contributed by atoms with Crippen LogP contribution in [0, 0.1) is 5.82 Å². The maximum absolute atomic E-state index is 13.3. The van der Waals surface area contributed by atoms with E-state index in [4.69, 9.17) is 5.73 Å². The van der Waals surface area contributed by atoms with Crippen molar-refractivity contribution in [1.82, 2.24) is 10.6 Å². The molecule has 3 amide bonds. The molecule has 0 aliphatic rings. The molecule has 6 nitrogen and oxygen atoms in total. The molecule has 0 fully saturated rings. The Morgan fingerprint density at radius 1 is 0.926 bits per heavy atom. The molecule has 27 heavy (non-hydrogen) atoms. The van der Waals surface area contributed by atoms with Crippen molar-refractivity contribution in [2.45, 2.75) is 31.8 Å². The lowest BCUT2D eigenvalue weighted by atomic mass is 10.0. The van der Waals surface area contributed by atoms with Crippen LogP contribution in [0.2, 0.25) is 0 Å². The van der Waals surface area contributed by atoms with Gasteiger partial charge in [-0.15, -0.1) is 0 Å². The number of rotatable bonds is 8. The molecular formula is C20H22FN3O3. The highest BCUT2D eigenvalue weighted by atomic mass is 19.1. The van der Waals surface area contributed by atoms with E-state index in [0.29, 0.717) is 5.56 Å². The molecule has 0 unspecified atom stereocenters. The highest BCUT2D eigenvalue weighted by molar-refractivity contribution is 5.91. The molecule has 0 saturated carbocycles. The normalized spacial score (nSPS) is 12.7. The number of benzene rings is 2. The lowest BCUT2D eigenvalue weighted by molar-refractivity contribution is -0.130. The number of hydrogen-bond acceptors (Lipinski definition) is 3. The fourth-order valence-electron chi connectivity index (χ4n) is 2.70. The minimum absolute atomic E-state index is 0.0525. The maximum Gasteiger partial charge on any atom is 0.243 e. The Morgan fingerprint density at radius 2 is 1.56 bits per heavy atom. The van der Waals surface area contributed by atoms with E-state index in [-0.39, 0.29) is 18.7 Å². The Kier molecular flexibility index (Phi) is 7.05. The van der Waals surface area contributed by atoms with Crippen molar-refractivity contribution >= 4 is 17.7 Å². The van der Waals surface area contributed by atoms with Gasteiger partial charge in [0.15, 0.2) is 0 Å². The first-order chi connectivity index (χ1) is 12.8. The van der Waals surface area contributed by atoms with Crippen molar-refractivity contribution in [1.29, 1.82) is 0 Å². The summed E-state index contributed by atoms with van der Waals surface area (Å²) in [6.07, 6.45) is 0.314. The first-order valence-corrected chi connectivity index (χ1v) is 8.50. The van der Waals surface area contributed by atoms with Crippen LogP contribution in [-0.2, 0) is 27.2 Å². The maximum atomic E-state index is 13.3.